The highest BCUT2D eigenvalue weighted by Gasteiger charge is 2.27. The van der Waals surface area contributed by atoms with E-state index in [1.807, 2.05) is 24.3 Å². The normalized spacial score (nSPS) is 15.9. The fraction of sp³-hybridized carbons (Fsp3) is 0.300. The number of nitrogens with one attached hydrogen (secondary N) is 1. The number of nitrogens with zero attached hydrogens (tertiary/aromatic N) is 3. The molecular formula is C20H22N4O3. The van der Waals surface area contributed by atoms with Crippen LogP contribution in [0.3, 0.4) is 0 Å². The van der Waals surface area contributed by atoms with Crippen LogP contribution in [0.2, 0.25) is 0 Å². The van der Waals surface area contributed by atoms with Crippen LogP contribution in [0, 0.1) is 0 Å². The van der Waals surface area contributed by atoms with Crippen LogP contribution in [-0.4, -0.2) is 53.8 Å². The van der Waals surface area contributed by atoms with Gasteiger partial charge in [0.25, 0.3) is 5.91 Å². The molecule has 4 rings (SSSR count). The molecule has 2 aromatic heterocycles. The maximum Gasteiger partial charge on any atom is 0.274 e. The van der Waals surface area contributed by atoms with Crippen molar-refractivity contribution in [1.82, 2.24) is 15.1 Å². The third-order valence-corrected chi connectivity index (χ3v) is 4.71. The number of likely N-dealkylation sites (N-methyl/N-ethyl adjacent to an activating group) is 2. The predicted molar refractivity (Wildman–Crippen MR) is 102 cm³/mol. The van der Waals surface area contributed by atoms with Crippen LogP contribution in [-0.2, 0) is 0 Å². The smallest absolute Gasteiger partial charge is 0.274 e. The molecule has 140 valence electrons. The van der Waals surface area contributed by atoms with E-state index in [9.17, 15) is 4.79 Å². The average Bonchev–Trinajstić information content (AvgIpc) is 3.38. The van der Waals surface area contributed by atoms with Crippen molar-refractivity contribution in [1.29, 1.82) is 0 Å². The Kier molecular flexibility index (Phi) is 4.58. The van der Waals surface area contributed by atoms with Crippen molar-refractivity contribution >= 4 is 11.6 Å². The molecule has 7 heteroatoms. The number of aromatic nitrogens is 2. The predicted octanol–water partition coefficient (Wildman–Crippen LogP) is 3.03. The third kappa shape index (κ3) is 3.40. The third-order valence-electron chi connectivity index (χ3n) is 4.71. The fourth-order valence-electron chi connectivity index (χ4n) is 3.35. The van der Waals surface area contributed by atoms with Crippen LogP contribution in [0.4, 0.5) is 5.69 Å². The number of ether oxygens (including phenoxy) is 1. The van der Waals surface area contributed by atoms with Gasteiger partial charge in [-0.1, -0.05) is 12.1 Å². The molecule has 0 fully saturated rings. The van der Waals surface area contributed by atoms with E-state index in [0.29, 0.717) is 23.7 Å². The lowest BCUT2D eigenvalue weighted by Gasteiger charge is -2.37. The highest BCUT2D eigenvalue weighted by atomic mass is 16.5. The number of amides is 1. The highest BCUT2D eigenvalue weighted by molar-refractivity contribution is 5.93. The Labute approximate surface area is 157 Å². The van der Waals surface area contributed by atoms with Gasteiger partial charge in [0.1, 0.15) is 17.5 Å². The minimum absolute atomic E-state index is 0.0997. The molecule has 1 N–H and O–H groups in total. The summed E-state index contributed by atoms with van der Waals surface area (Å²) in [5, 5.41) is 6.97. The number of hydrogen-bond donors (Lipinski definition) is 1. The molecule has 1 aromatic carbocycles. The first kappa shape index (κ1) is 17.2. The molecule has 0 unspecified atom stereocenters. The van der Waals surface area contributed by atoms with Crippen LogP contribution in [0.15, 0.2) is 53.1 Å². The second-order valence-electron chi connectivity index (χ2n) is 6.58. The summed E-state index contributed by atoms with van der Waals surface area (Å²) in [6, 6.07) is 13.3. The molecule has 1 amide bonds. The van der Waals surface area contributed by atoms with Crippen molar-refractivity contribution in [2.45, 2.75) is 13.0 Å². The monoisotopic (exact) mass is 366 g/mol. The van der Waals surface area contributed by atoms with E-state index in [4.69, 9.17) is 9.15 Å². The lowest BCUT2D eigenvalue weighted by atomic mass is 10.1. The van der Waals surface area contributed by atoms with E-state index in [1.54, 1.807) is 30.3 Å². The second-order valence-corrected chi connectivity index (χ2v) is 6.58. The van der Waals surface area contributed by atoms with Gasteiger partial charge in [-0.2, -0.15) is 5.10 Å². The number of carbonyl (C=O) groups is 1. The maximum absolute atomic E-state index is 12.7. The lowest BCUT2D eigenvalue weighted by Crippen LogP contribution is -2.46. The van der Waals surface area contributed by atoms with Crippen LogP contribution >= 0.6 is 0 Å². The number of aromatic amines is 1. The Morgan fingerprint density at radius 3 is 2.96 bits per heavy atom. The minimum Gasteiger partial charge on any atom is -0.485 e. The van der Waals surface area contributed by atoms with Crippen molar-refractivity contribution in [2.24, 2.45) is 0 Å². The van der Waals surface area contributed by atoms with Crippen molar-refractivity contribution < 1.29 is 13.9 Å². The summed E-state index contributed by atoms with van der Waals surface area (Å²) < 4.78 is 11.4. The van der Waals surface area contributed by atoms with E-state index < -0.39 is 0 Å². The molecular weight excluding hydrogens is 344 g/mol. The van der Waals surface area contributed by atoms with Crippen molar-refractivity contribution in [3.05, 3.63) is 54.4 Å². The number of furan rings is 1. The number of para-hydroxylation sites is 2. The molecule has 3 heterocycles. The summed E-state index contributed by atoms with van der Waals surface area (Å²) in [4.78, 5) is 16.7. The van der Waals surface area contributed by atoms with Crippen LogP contribution in [0.25, 0.3) is 11.5 Å². The van der Waals surface area contributed by atoms with Crippen molar-refractivity contribution in [3.63, 3.8) is 0 Å². The fourth-order valence-corrected chi connectivity index (χ4v) is 3.35. The van der Waals surface area contributed by atoms with Gasteiger partial charge in [0, 0.05) is 19.7 Å². The SMILES string of the molecule is CCN1C[C@H](CN(C)C(=O)c2cc(-c3ccco3)[nH]n2)Oc2ccccc21. The summed E-state index contributed by atoms with van der Waals surface area (Å²) in [6.07, 6.45) is 1.49. The molecule has 0 spiro atoms. The maximum atomic E-state index is 12.7. The zero-order chi connectivity index (χ0) is 18.8. The highest BCUT2D eigenvalue weighted by Crippen LogP contribution is 2.33. The van der Waals surface area contributed by atoms with Crippen molar-refractivity contribution in [3.8, 4) is 17.2 Å². The summed E-state index contributed by atoms with van der Waals surface area (Å²) >= 11 is 0. The zero-order valence-electron chi connectivity index (χ0n) is 15.4. The van der Waals surface area contributed by atoms with Gasteiger partial charge in [-0.05, 0) is 31.2 Å². The molecule has 1 aliphatic rings. The van der Waals surface area contributed by atoms with Gasteiger partial charge in [0.2, 0.25) is 0 Å². The van der Waals surface area contributed by atoms with Crippen LogP contribution in [0.1, 0.15) is 17.4 Å². The Bertz CT molecular complexity index is 919. The topological polar surface area (TPSA) is 74.6 Å². The zero-order valence-corrected chi connectivity index (χ0v) is 15.4. The Morgan fingerprint density at radius 2 is 2.19 bits per heavy atom. The number of H-pyrrole nitrogens is 1. The quantitative estimate of drug-likeness (QED) is 0.751. The molecule has 1 aliphatic heterocycles. The number of benzene rings is 1. The molecule has 0 aliphatic carbocycles. The first-order valence-electron chi connectivity index (χ1n) is 9.01. The van der Waals surface area contributed by atoms with Crippen LogP contribution in [0.5, 0.6) is 5.75 Å². The first-order chi connectivity index (χ1) is 13.2. The average molecular weight is 366 g/mol. The van der Waals surface area contributed by atoms with Gasteiger partial charge in [-0.15, -0.1) is 0 Å². The number of rotatable bonds is 5. The lowest BCUT2D eigenvalue weighted by molar-refractivity contribution is 0.0704. The van der Waals surface area contributed by atoms with E-state index in [-0.39, 0.29) is 12.0 Å². The molecule has 7 nitrogen and oxygen atoms in total. The Hall–Kier alpha value is -3.22. The van der Waals surface area contributed by atoms with E-state index in [0.717, 1.165) is 24.5 Å². The molecule has 0 bridgehead atoms. The first-order valence-corrected chi connectivity index (χ1v) is 9.01. The largest absolute Gasteiger partial charge is 0.485 e. The van der Waals surface area contributed by atoms with Gasteiger partial charge in [0.15, 0.2) is 11.5 Å². The summed E-state index contributed by atoms with van der Waals surface area (Å²) in [5.74, 6) is 1.35. The number of anilines is 1. The molecule has 0 radical (unpaired) electrons. The minimum atomic E-state index is -0.158. The summed E-state index contributed by atoms with van der Waals surface area (Å²) in [7, 11) is 1.77. The molecule has 27 heavy (non-hydrogen) atoms. The molecule has 0 saturated heterocycles. The van der Waals surface area contributed by atoms with Crippen molar-refractivity contribution in [2.75, 3.05) is 31.6 Å². The molecule has 0 saturated carbocycles. The van der Waals surface area contributed by atoms with Gasteiger partial charge in [0.05, 0.1) is 25.0 Å². The number of carbonyl (C=O) groups excluding carboxylic acids is 1. The van der Waals surface area contributed by atoms with E-state index in [1.165, 1.54) is 0 Å². The summed E-state index contributed by atoms with van der Waals surface area (Å²) in [6.45, 7) is 4.23. The standard InChI is InChI=1S/C20H22N4O3/c1-3-24-13-14(27-19-8-5-4-7-17(19)24)12-23(2)20(25)16-11-15(21-22-16)18-9-6-10-26-18/h4-11,14H,3,12-13H2,1-2H3,(H,21,22)/t14-/m0/s1. The van der Waals surface area contributed by atoms with Gasteiger partial charge in [-0.25, -0.2) is 0 Å². The molecule has 3 aromatic rings. The Balaban J connectivity index is 1.45. The second kappa shape index (κ2) is 7.19. The van der Waals surface area contributed by atoms with Gasteiger partial charge >= 0.3 is 0 Å². The Morgan fingerprint density at radius 1 is 1.33 bits per heavy atom. The van der Waals surface area contributed by atoms with E-state index in [2.05, 4.69) is 28.1 Å². The number of hydrogen-bond acceptors (Lipinski definition) is 5. The van der Waals surface area contributed by atoms with Crippen LogP contribution < -0.4 is 9.64 Å². The molecule has 1 atom stereocenters. The summed E-state index contributed by atoms with van der Waals surface area (Å²) in [5.41, 5.74) is 2.13. The van der Waals surface area contributed by atoms with Gasteiger partial charge in [-0.3, -0.25) is 9.89 Å². The van der Waals surface area contributed by atoms with Gasteiger partial charge < -0.3 is 19.0 Å². The van der Waals surface area contributed by atoms with E-state index >= 15 is 0 Å². The number of fused-ring (bicyclic) bond motifs is 1.